The molecule has 3 unspecified atom stereocenters. The van der Waals surface area contributed by atoms with Gasteiger partial charge in [-0.05, 0) is 24.5 Å². The van der Waals surface area contributed by atoms with E-state index in [0.717, 1.165) is 30.1 Å². The largest absolute Gasteiger partial charge is 0.496 e. The van der Waals surface area contributed by atoms with Crippen LogP contribution < -0.4 is 15.2 Å². The first-order valence-electron chi connectivity index (χ1n) is 6.27. The van der Waals surface area contributed by atoms with Crippen molar-refractivity contribution >= 4 is 0 Å². The fourth-order valence-corrected chi connectivity index (χ4v) is 2.55. The molecule has 1 aromatic carbocycles. The molecule has 0 aromatic heterocycles. The van der Waals surface area contributed by atoms with Gasteiger partial charge in [0.05, 0.1) is 31.9 Å². The van der Waals surface area contributed by atoms with Gasteiger partial charge in [-0.1, -0.05) is 13.0 Å². The Labute approximate surface area is 108 Å². The van der Waals surface area contributed by atoms with Crippen LogP contribution in [0, 0.1) is 5.92 Å². The molecule has 0 saturated carbocycles. The van der Waals surface area contributed by atoms with Crippen molar-refractivity contribution in [2.24, 2.45) is 11.7 Å². The van der Waals surface area contributed by atoms with Crippen LogP contribution in [0.5, 0.6) is 11.5 Å². The minimum atomic E-state index is -0.228. The van der Waals surface area contributed by atoms with E-state index in [-0.39, 0.29) is 12.1 Å². The van der Waals surface area contributed by atoms with Gasteiger partial charge in [-0.15, -0.1) is 0 Å². The van der Waals surface area contributed by atoms with Crippen LogP contribution in [0.4, 0.5) is 0 Å². The van der Waals surface area contributed by atoms with Crippen LogP contribution in [-0.2, 0) is 4.74 Å². The highest BCUT2D eigenvalue weighted by Gasteiger charge is 2.33. The van der Waals surface area contributed by atoms with Crippen molar-refractivity contribution in [1.29, 1.82) is 0 Å². The number of methoxy groups -OCH3 is 2. The summed E-state index contributed by atoms with van der Waals surface area (Å²) in [5.41, 5.74) is 7.25. The summed E-state index contributed by atoms with van der Waals surface area (Å²) in [6, 6.07) is 5.47. The topological polar surface area (TPSA) is 53.7 Å². The second-order valence-corrected chi connectivity index (χ2v) is 4.70. The van der Waals surface area contributed by atoms with Crippen molar-refractivity contribution in [3.63, 3.8) is 0 Å². The van der Waals surface area contributed by atoms with Gasteiger partial charge in [0, 0.05) is 6.61 Å². The van der Waals surface area contributed by atoms with Crippen molar-refractivity contribution < 1.29 is 14.2 Å². The summed E-state index contributed by atoms with van der Waals surface area (Å²) in [7, 11) is 3.29. The summed E-state index contributed by atoms with van der Waals surface area (Å²) in [6.07, 6.45) is 1.07. The minimum absolute atomic E-state index is 0.0233. The summed E-state index contributed by atoms with van der Waals surface area (Å²) in [5.74, 6) is 1.96. The molecule has 1 aliphatic heterocycles. The molecule has 0 spiro atoms. The molecule has 2 rings (SSSR count). The van der Waals surface area contributed by atoms with Gasteiger partial charge in [-0.2, -0.15) is 0 Å². The number of hydrogen-bond donors (Lipinski definition) is 1. The Hall–Kier alpha value is -1.26. The number of ether oxygens (including phenoxy) is 3. The molecule has 18 heavy (non-hydrogen) atoms. The van der Waals surface area contributed by atoms with E-state index in [1.807, 2.05) is 18.2 Å². The maximum absolute atomic E-state index is 6.36. The van der Waals surface area contributed by atoms with E-state index in [2.05, 4.69) is 6.92 Å². The molecule has 0 amide bonds. The first kappa shape index (κ1) is 13.2. The van der Waals surface area contributed by atoms with Gasteiger partial charge in [-0.3, -0.25) is 0 Å². The number of hydrogen-bond acceptors (Lipinski definition) is 4. The fraction of sp³-hybridized carbons (Fsp3) is 0.571. The Balaban J connectivity index is 2.36. The second-order valence-electron chi connectivity index (χ2n) is 4.70. The summed E-state index contributed by atoms with van der Waals surface area (Å²) in [4.78, 5) is 0. The van der Waals surface area contributed by atoms with Crippen molar-refractivity contribution in [3.05, 3.63) is 23.8 Å². The van der Waals surface area contributed by atoms with Gasteiger partial charge in [0.15, 0.2) is 0 Å². The van der Waals surface area contributed by atoms with Crippen LogP contribution in [0.3, 0.4) is 0 Å². The molecule has 1 heterocycles. The van der Waals surface area contributed by atoms with E-state index < -0.39 is 0 Å². The van der Waals surface area contributed by atoms with Crippen LogP contribution in [0.1, 0.15) is 24.9 Å². The molecule has 1 fully saturated rings. The van der Waals surface area contributed by atoms with Crippen LogP contribution in [0.25, 0.3) is 0 Å². The zero-order valence-corrected chi connectivity index (χ0v) is 11.2. The van der Waals surface area contributed by atoms with Crippen LogP contribution in [-0.4, -0.2) is 26.9 Å². The molecular weight excluding hydrogens is 230 g/mol. The van der Waals surface area contributed by atoms with Crippen LogP contribution in [0.15, 0.2) is 18.2 Å². The Morgan fingerprint density at radius 1 is 1.28 bits per heavy atom. The number of rotatable bonds is 4. The standard InChI is InChI=1S/C14H21NO3/c1-9-7-8-18-14(9)13(15)12-10(16-2)5-4-6-11(12)17-3/h4-6,9,13-14H,7-8,15H2,1-3H3. The summed E-state index contributed by atoms with van der Waals surface area (Å²) in [5, 5.41) is 0. The smallest absolute Gasteiger partial charge is 0.127 e. The third kappa shape index (κ3) is 2.31. The molecule has 0 bridgehead atoms. The van der Waals surface area contributed by atoms with Gasteiger partial charge in [-0.25, -0.2) is 0 Å². The Morgan fingerprint density at radius 3 is 2.33 bits per heavy atom. The van der Waals surface area contributed by atoms with Gasteiger partial charge < -0.3 is 19.9 Å². The van der Waals surface area contributed by atoms with Crippen molar-refractivity contribution in [2.45, 2.75) is 25.5 Å². The summed E-state index contributed by atoms with van der Waals surface area (Å²) in [6.45, 7) is 2.94. The molecule has 4 heteroatoms. The molecule has 1 aromatic rings. The monoisotopic (exact) mass is 251 g/mol. The maximum Gasteiger partial charge on any atom is 0.127 e. The molecule has 1 saturated heterocycles. The second kappa shape index (κ2) is 5.59. The first-order chi connectivity index (χ1) is 8.69. The van der Waals surface area contributed by atoms with Gasteiger partial charge in [0.2, 0.25) is 0 Å². The number of nitrogens with two attached hydrogens (primary N) is 1. The van der Waals surface area contributed by atoms with Gasteiger partial charge in [0.25, 0.3) is 0 Å². The van der Waals surface area contributed by atoms with Crippen molar-refractivity contribution in [3.8, 4) is 11.5 Å². The lowest BCUT2D eigenvalue weighted by atomic mass is 9.92. The Bertz CT molecular complexity index is 386. The highest BCUT2D eigenvalue weighted by molar-refractivity contribution is 5.47. The van der Waals surface area contributed by atoms with E-state index in [1.165, 1.54) is 0 Å². The van der Waals surface area contributed by atoms with E-state index in [1.54, 1.807) is 14.2 Å². The molecule has 1 aliphatic rings. The first-order valence-corrected chi connectivity index (χ1v) is 6.27. The summed E-state index contributed by atoms with van der Waals surface area (Å²) >= 11 is 0. The third-order valence-corrected chi connectivity index (χ3v) is 3.60. The quantitative estimate of drug-likeness (QED) is 0.890. The van der Waals surface area contributed by atoms with E-state index in [4.69, 9.17) is 19.9 Å². The lowest BCUT2D eigenvalue weighted by molar-refractivity contribution is 0.0710. The average Bonchev–Trinajstić information content (AvgIpc) is 2.83. The predicted molar refractivity (Wildman–Crippen MR) is 70.0 cm³/mol. The molecule has 0 radical (unpaired) electrons. The van der Waals surface area contributed by atoms with E-state index in [0.29, 0.717) is 5.92 Å². The predicted octanol–water partition coefficient (Wildman–Crippen LogP) is 2.13. The van der Waals surface area contributed by atoms with Crippen molar-refractivity contribution in [1.82, 2.24) is 0 Å². The van der Waals surface area contributed by atoms with Crippen molar-refractivity contribution in [2.75, 3.05) is 20.8 Å². The molecule has 0 aliphatic carbocycles. The maximum atomic E-state index is 6.36. The fourth-order valence-electron chi connectivity index (χ4n) is 2.55. The summed E-state index contributed by atoms with van der Waals surface area (Å²) < 4.78 is 16.5. The molecule has 3 atom stereocenters. The van der Waals surface area contributed by atoms with Gasteiger partial charge >= 0.3 is 0 Å². The average molecular weight is 251 g/mol. The molecule has 4 nitrogen and oxygen atoms in total. The Morgan fingerprint density at radius 2 is 1.89 bits per heavy atom. The highest BCUT2D eigenvalue weighted by atomic mass is 16.5. The molecule has 2 N–H and O–H groups in total. The lowest BCUT2D eigenvalue weighted by Crippen LogP contribution is -2.30. The zero-order valence-electron chi connectivity index (χ0n) is 11.2. The highest BCUT2D eigenvalue weighted by Crippen LogP contribution is 2.38. The minimum Gasteiger partial charge on any atom is -0.496 e. The van der Waals surface area contributed by atoms with E-state index >= 15 is 0 Å². The van der Waals surface area contributed by atoms with Crippen LogP contribution >= 0.6 is 0 Å². The van der Waals surface area contributed by atoms with E-state index in [9.17, 15) is 0 Å². The third-order valence-electron chi connectivity index (χ3n) is 3.60. The van der Waals surface area contributed by atoms with Crippen LogP contribution in [0.2, 0.25) is 0 Å². The SMILES string of the molecule is COc1cccc(OC)c1C(N)C1OCCC1C. The lowest BCUT2D eigenvalue weighted by Gasteiger charge is -2.25. The zero-order chi connectivity index (χ0) is 13.1. The molecular formula is C14H21NO3. The number of benzene rings is 1. The Kier molecular flexibility index (Phi) is 4.09. The molecule has 100 valence electrons. The normalized spacial score (nSPS) is 24.9. The van der Waals surface area contributed by atoms with Gasteiger partial charge in [0.1, 0.15) is 11.5 Å².